The maximum absolute atomic E-state index is 13.0. The molecule has 3 rings (SSSR count). The van der Waals surface area contributed by atoms with E-state index < -0.39 is 10.2 Å². The Morgan fingerprint density at radius 1 is 1.15 bits per heavy atom. The molecule has 0 unspecified atom stereocenters. The smallest absolute Gasteiger partial charge is 0.282 e. The average molecular weight is 400 g/mol. The fraction of sp³-hybridized carbons (Fsp3) is 0.611. The van der Waals surface area contributed by atoms with Crippen LogP contribution < -0.4 is 0 Å². The fourth-order valence-electron chi connectivity index (χ4n) is 3.69. The molecule has 1 aromatic rings. The number of hydrogen-bond donors (Lipinski definition) is 0. The third-order valence-corrected chi connectivity index (χ3v) is 7.31. The molecule has 2 fully saturated rings. The van der Waals surface area contributed by atoms with Crippen molar-refractivity contribution in [3.05, 3.63) is 34.9 Å². The van der Waals surface area contributed by atoms with Gasteiger partial charge in [0.1, 0.15) is 0 Å². The lowest BCUT2D eigenvalue weighted by atomic mass is 10.0. The predicted octanol–water partition coefficient (Wildman–Crippen LogP) is 2.49. The van der Waals surface area contributed by atoms with Crippen LogP contribution in [0.4, 0.5) is 0 Å². The third kappa shape index (κ3) is 4.39. The van der Waals surface area contributed by atoms with Gasteiger partial charge in [0, 0.05) is 37.2 Å². The first-order valence-electron chi connectivity index (χ1n) is 9.17. The van der Waals surface area contributed by atoms with Crippen molar-refractivity contribution in [3.8, 4) is 0 Å². The van der Waals surface area contributed by atoms with Crippen molar-refractivity contribution in [1.29, 1.82) is 0 Å². The van der Waals surface area contributed by atoms with Crippen LogP contribution in [0.3, 0.4) is 0 Å². The maximum atomic E-state index is 13.0. The molecule has 8 heteroatoms. The lowest BCUT2D eigenvalue weighted by molar-refractivity contribution is -0.134. The van der Waals surface area contributed by atoms with Crippen molar-refractivity contribution in [2.75, 3.05) is 26.2 Å². The number of benzene rings is 1. The Morgan fingerprint density at radius 2 is 1.92 bits per heavy atom. The van der Waals surface area contributed by atoms with Gasteiger partial charge in [-0.1, -0.05) is 23.7 Å². The van der Waals surface area contributed by atoms with Crippen LogP contribution >= 0.6 is 11.6 Å². The second kappa shape index (κ2) is 8.25. The van der Waals surface area contributed by atoms with E-state index in [1.165, 1.54) is 8.61 Å². The van der Waals surface area contributed by atoms with Crippen LogP contribution in [0.2, 0.25) is 5.02 Å². The van der Waals surface area contributed by atoms with Crippen LogP contribution in [0.5, 0.6) is 0 Å². The summed E-state index contributed by atoms with van der Waals surface area (Å²) in [6, 6.07) is 7.40. The zero-order valence-corrected chi connectivity index (χ0v) is 16.7. The van der Waals surface area contributed by atoms with Crippen molar-refractivity contribution < 1.29 is 13.2 Å². The molecule has 6 nitrogen and oxygen atoms in total. The summed E-state index contributed by atoms with van der Waals surface area (Å²) in [4.78, 5) is 14.5. The highest BCUT2D eigenvalue weighted by molar-refractivity contribution is 7.86. The Morgan fingerprint density at radius 3 is 2.65 bits per heavy atom. The summed E-state index contributed by atoms with van der Waals surface area (Å²) in [7, 11) is -3.65. The van der Waals surface area contributed by atoms with Gasteiger partial charge in [0.05, 0.1) is 6.54 Å². The standard InChI is InChI=1S/C18H26ClN3O3S/c1-15-6-2-3-11-22(15)18(23)14-21-10-5-9-20(26(21,24)25)13-16-7-4-8-17(19)12-16/h4,7-8,12,15H,2-3,5-6,9-11,13-14H2,1H3/t15-/m1/s1. The minimum Gasteiger partial charge on any atom is -0.339 e. The topological polar surface area (TPSA) is 60.9 Å². The Labute approximate surface area is 160 Å². The molecular weight excluding hydrogens is 374 g/mol. The summed E-state index contributed by atoms with van der Waals surface area (Å²) in [6.07, 6.45) is 3.81. The first-order chi connectivity index (χ1) is 12.4. The summed E-state index contributed by atoms with van der Waals surface area (Å²) in [5.41, 5.74) is 0.846. The molecule has 1 atom stereocenters. The fourth-order valence-corrected chi connectivity index (χ4v) is 5.53. The molecule has 2 aliphatic heterocycles. The second-order valence-electron chi connectivity index (χ2n) is 7.09. The molecule has 2 aliphatic rings. The van der Waals surface area contributed by atoms with E-state index in [0.717, 1.165) is 31.4 Å². The quantitative estimate of drug-likeness (QED) is 0.781. The molecule has 0 aromatic heterocycles. The molecule has 0 bridgehead atoms. The summed E-state index contributed by atoms with van der Waals surface area (Å²) < 4.78 is 28.7. The number of hydrogen-bond acceptors (Lipinski definition) is 3. The van der Waals surface area contributed by atoms with E-state index in [4.69, 9.17) is 11.6 Å². The van der Waals surface area contributed by atoms with E-state index in [1.807, 2.05) is 24.0 Å². The summed E-state index contributed by atoms with van der Waals surface area (Å²) >= 11 is 6.00. The van der Waals surface area contributed by atoms with Crippen molar-refractivity contribution in [1.82, 2.24) is 13.5 Å². The number of rotatable bonds is 4. The highest BCUT2D eigenvalue weighted by Crippen LogP contribution is 2.22. The molecule has 1 aromatic carbocycles. The Hall–Kier alpha value is -1.15. The number of halogens is 1. The minimum absolute atomic E-state index is 0.0707. The molecule has 26 heavy (non-hydrogen) atoms. The van der Waals surface area contributed by atoms with Gasteiger partial charge in [-0.3, -0.25) is 4.79 Å². The third-order valence-electron chi connectivity index (χ3n) is 5.15. The van der Waals surface area contributed by atoms with Crippen LogP contribution in [-0.2, 0) is 21.5 Å². The van der Waals surface area contributed by atoms with Crippen LogP contribution in [-0.4, -0.2) is 60.1 Å². The van der Waals surface area contributed by atoms with Crippen molar-refractivity contribution >= 4 is 27.7 Å². The van der Waals surface area contributed by atoms with Crippen molar-refractivity contribution in [3.63, 3.8) is 0 Å². The zero-order valence-electron chi connectivity index (χ0n) is 15.1. The lowest BCUT2D eigenvalue weighted by Gasteiger charge is -2.38. The normalized spacial score (nSPS) is 24.5. The Balaban J connectivity index is 1.69. The summed E-state index contributed by atoms with van der Waals surface area (Å²) in [6.45, 7) is 3.81. The molecule has 0 spiro atoms. The Bertz CT molecular complexity index is 756. The predicted molar refractivity (Wildman–Crippen MR) is 102 cm³/mol. The molecule has 2 heterocycles. The summed E-state index contributed by atoms with van der Waals surface area (Å²) in [5, 5.41) is 0.586. The van der Waals surface area contributed by atoms with E-state index in [-0.39, 0.29) is 25.0 Å². The zero-order chi connectivity index (χ0) is 18.7. The van der Waals surface area contributed by atoms with Crippen LogP contribution in [0.25, 0.3) is 0 Å². The van der Waals surface area contributed by atoms with E-state index in [2.05, 4.69) is 0 Å². The van der Waals surface area contributed by atoms with Gasteiger partial charge < -0.3 is 4.90 Å². The molecule has 0 N–H and O–H groups in total. The first-order valence-corrected chi connectivity index (χ1v) is 10.9. The SMILES string of the molecule is C[C@@H]1CCCCN1C(=O)CN1CCCN(Cc2cccc(Cl)c2)S1(=O)=O. The monoisotopic (exact) mass is 399 g/mol. The molecule has 0 radical (unpaired) electrons. The highest BCUT2D eigenvalue weighted by atomic mass is 35.5. The molecule has 0 saturated carbocycles. The van der Waals surface area contributed by atoms with E-state index >= 15 is 0 Å². The molecular formula is C18H26ClN3O3S. The molecule has 144 valence electrons. The van der Waals surface area contributed by atoms with Gasteiger partial charge in [-0.05, 0) is 50.3 Å². The molecule has 1 amide bonds. The van der Waals surface area contributed by atoms with Crippen molar-refractivity contribution in [2.24, 2.45) is 0 Å². The van der Waals surface area contributed by atoms with Gasteiger partial charge in [-0.25, -0.2) is 0 Å². The maximum Gasteiger partial charge on any atom is 0.282 e. The number of carbonyl (C=O) groups is 1. The van der Waals surface area contributed by atoms with Gasteiger partial charge in [-0.15, -0.1) is 0 Å². The lowest BCUT2D eigenvalue weighted by Crippen LogP contribution is -2.54. The van der Waals surface area contributed by atoms with Gasteiger partial charge in [0.25, 0.3) is 10.2 Å². The highest BCUT2D eigenvalue weighted by Gasteiger charge is 2.36. The largest absolute Gasteiger partial charge is 0.339 e. The number of piperidine rings is 1. The molecule has 0 aliphatic carbocycles. The first kappa shape index (κ1) is 19.6. The van der Waals surface area contributed by atoms with Crippen molar-refractivity contribution in [2.45, 2.75) is 45.2 Å². The minimum atomic E-state index is -3.65. The summed E-state index contributed by atoms with van der Waals surface area (Å²) in [5.74, 6) is -0.0922. The number of nitrogens with zero attached hydrogens (tertiary/aromatic N) is 3. The van der Waals surface area contributed by atoms with Gasteiger partial charge >= 0.3 is 0 Å². The van der Waals surface area contributed by atoms with Crippen LogP contribution in [0, 0.1) is 0 Å². The van der Waals surface area contributed by atoms with E-state index in [9.17, 15) is 13.2 Å². The number of amides is 1. The van der Waals surface area contributed by atoms with Gasteiger partial charge in [0.15, 0.2) is 0 Å². The Kier molecular flexibility index (Phi) is 6.22. The average Bonchev–Trinajstić information content (AvgIpc) is 2.59. The van der Waals surface area contributed by atoms with Crippen LogP contribution in [0.15, 0.2) is 24.3 Å². The second-order valence-corrected chi connectivity index (χ2v) is 9.46. The van der Waals surface area contributed by atoms with E-state index in [1.54, 1.807) is 12.1 Å². The van der Waals surface area contributed by atoms with Gasteiger partial charge in [0.2, 0.25) is 5.91 Å². The number of carbonyl (C=O) groups excluding carboxylic acids is 1. The molecule has 2 saturated heterocycles. The van der Waals surface area contributed by atoms with Crippen LogP contribution in [0.1, 0.15) is 38.2 Å². The van der Waals surface area contributed by atoms with E-state index in [0.29, 0.717) is 24.5 Å². The number of likely N-dealkylation sites (tertiary alicyclic amines) is 1. The van der Waals surface area contributed by atoms with Gasteiger partial charge in [-0.2, -0.15) is 17.0 Å².